The Balaban J connectivity index is 1.98. The predicted octanol–water partition coefficient (Wildman–Crippen LogP) is 6.55. The maximum Gasteiger partial charge on any atom is 0.162 e. The van der Waals surface area contributed by atoms with Crippen molar-refractivity contribution in [2.24, 2.45) is 5.92 Å². The summed E-state index contributed by atoms with van der Waals surface area (Å²) in [5.41, 5.74) is 1.12. The molecule has 0 aliphatic heterocycles. The Kier molecular flexibility index (Phi) is 6.60. The molecular weight excluding hydrogens is 278 g/mol. The molecule has 1 aliphatic rings. The van der Waals surface area contributed by atoms with Crippen molar-refractivity contribution in [1.82, 2.24) is 0 Å². The van der Waals surface area contributed by atoms with Crippen LogP contribution < -0.4 is 0 Å². The number of hydrogen-bond donors (Lipinski definition) is 0. The maximum absolute atomic E-state index is 14.3. The highest BCUT2D eigenvalue weighted by atomic mass is 19.2. The van der Waals surface area contributed by atoms with Crippen LogP contribution in [-0.2, 0) is 6.42 Å². The van der Waals surface area contributed by atoms with E-state index in [0.717, 1.165) is 44.4 Å². The molecule has 1 aromatic rings. The molecule has 0 N–H and O–H groups in total. The van der Waals surface area contributed by atoms with Crippen LogP contribution >= 0.6 is 0 Å². The van der Waals surface area contributed by atoms with Gasteiger partial charge in [-0.1, -0.05) is 37.6 Å². The molecule has 0 aromatic heterocycles. The zero-order valence-corrected chi connectivity index (χ0v) is 13.9. The van der Waals surface area contributed by atoms with Crippen LogP contribution in [0.5, 0.6) is 0 Å². The lowest BCUT2D eigenvalue weighted by atomic mass is 9.77. The SMILES string of the molecule is CC=CCCC1CCC(c2ccc(CCC)c(F)c2F)CC1. The van der Waals surface area contributed by atoms with Crippen molar-refractivity contribution in [1.29, 1.82) is 0 Å². The molecule has 0 bridgehead atoms. The Hall–Kier alpha value is -1.18. The summed E-state index contributed by atoms with van der Waals surface area (Å²) in [6.07, 6.45) is 12.4. The zero-order valence-electron chi connectivity index (χ0n) is 13.9. The first kappa shape index (κ1) is 17.2. The van der Waals surface area contributed by atoms with E-state index in [0.29, 0.717) is 17.5 Å². The van der Waals surface area contributed by atoms with Gasteiger partial charge in [-0.05, 0) is 74.8 Å². The molecule has 0 atom stereocenters. The highest BCUT2D eigenvalue weighted by Crippen LogP contribution is 2.39. The molecule has 0 radical (unpaired) electrons. The van der Waals surface area contributed by atoms with Crippen molar-refractivity contribution in [2.45, 2.75) is 71.1 Å². The van der Waals surface area contributed by atoms with Crippen LogP contribution in [0.15, 0.2) is 24.3 Å². The maximum atomic E-state index is 14.3. The first-order valence-corrected chi connectivity index (χ1v) is 8.75. The van der Waals surface area contributed by atoms with Crippen LogP contribution in [0, 0.1) is 17.6 Å². The number of benzene rings is 1. The summed E-state index contributed by atoms with van der Waals surface area (Å²) in [5.74, 6) is -0.263. The molecule has 1 aliphatic carbocycles. The highest BCUT2D eigenvalue weighted by molar-refractivity contribution is 5.29. The van der Waals surface area contributed by atoms with Crippen molar-refractivity contribution < 1.29 is 8.78 Å². The third-order valence-electron chi connectivity index (χ3n) is 4.98. The molecule has 0 amide bonds. The van der Waals surface area contributed by atoms with Gasteiger partial charge in [-0.15, -0.1) is 0 Å². The molecule has 1 fully saturated rings. The third-order valence-corrected chi connectivity index (χ3v) is 4.98. The van der Waals surface area contributed by atoms with E-state index in [2.05, 4.69) is 19.1 Å². The third kappa shape index (κ3) is 4.18. The molecule has 0 unspecified atom stereocenters. The lowest BCUT2D eigenvalue weighted by Gasteiger charge is -2.29. The fourth-order valence-electron chi connectivity index (χ4n) is 3.64. The Morgan fingerprint density at radius 3 is 2.45 bits per heavy atom. The summed E-state index contributed by atoms with van der Waals surface area (Å²) in [5, 5.41) is 0. The topological polar surface area (TPSA) is 0 Å². The van der Waals surface area contributed by atoms with Crippen LogP contribution in [0.3, 0.4) is 0 Å². The van der Waals surface area contributed by atoms with Gasteiger partial charge in [0.2, 0.25) is 0 Å². The minimum Gasteiger partial charge on any atom is -0.203 e. The number of aryl methyl sites for hydroxylation is 1. The second-order valence-electron chi connectivity index (χ2n) is 6.56. The first-order valence-electron chi connectivity index (χ1n) is 8.75. The van der Waals surface area contributed by atoms with Gasteiger partial charge in [-0.2, -0.15) is 0 Å². The second kappa shape index (κ2) is 8.45. The molecule has 2 rings (SSSR count). The molecule has 1 saturated carbocycles. The number of allylic oxidation sites excluding steroid dienone is 2. The fraction of sp³-hybridized carbons (Fsp3) is 0.600. The largest absolute Gasteiger partial charge is 0.203 e. The minimum atomic E-state index is -0.616. The van der Waals surface area contributed by atoms with E-state index in [1.165, 1.54) is 6.42 Å². The fourth-order valence-corrected chi connectivity index (χ4v) is 3.64. The average molecular weight is 306 g/mol. The molecule has 0 nitrogen and oxygen atoms in total. The second-order valence-corrected chi connectivity index (χ2v) is 6.56. The van der Waals surface area contributed by atoms with Crippen molar-refractivity contribution in [3.05, 3.63) is 47.0 Å². The van der Waals surface area contributed by atoms with Crippen LogP contribution in [0.1, 0.15) is 75.8 Å². The van der Waals surface area contributed by atoms with E-state index in [9.17, 15) is 8.78 Å². The summed E-state index contributed by atoms with van der Waals surface area (Å²) in [7, 11) is 0. The summed E-state index contributed by atoms with van der Waals surface area (Å²) in [6, 6.07) is 3.61. The van der Waals surface area contributed by atoms with Gasteiger partial charge in [-0.25, -0.2) is 8.78 Å². The van der Waals surface area contributed by atoms with E-state index >= 15 is 0 Å². The summed E-state index contributed by atoms with van der Waals surface area (Å²) in [4.78, 5) is 0. The van der Waals surface area contributed by atoms with Crippen LogP contribution in [0.2, 0.25) is 0 Å². The van der Waals surface area contributed by atoms with Gasteiger partial charge in [-0.3, -0.25) is 0 Å². The summed E-state index contributed by atoms with van der Waals surface area (Å²) >= 11 is 0. The van der Waals surface area contributed by atoms with Gasteiger partial charge in [0.25, 0.3) is 0 Å². The Labute approximate surface area is 133 Å². The van der Waals surface area contributed by atoms with Gasteiger partial charge in [0.05, 0.1) is 0 Å². The molecule has 0 heterocycles. The molecule has 0 saturated heterocycles. The highest BCUT2D eigenvalue weighted by Gasteiger charge is 2.25. The van der Waals surface area contributed by atoms with E-state index in [-0.39, 0.29) is 5.92 Å². The summed E-state index contributed by atoms with van der Waals surface area (Å²) in [6.45, 7) is 4.04. The van der Waals surface area contributed by atoms with E-state index in [1.807, 2.05) is 13.0 Å². The smallest absolute Gasteiger partial charge is 0.162 e. The monoisotopic (exact) mass is 306 g/mol. The van der Waals surface area contributed by atoms with E-state index in [1.54, 1.807) is 6.07 Å². The number of rotatable bonds is 6. The van der Waals surface area contributed by atoms with E-state index < -0.39 is 11.6 Å². The van der Waals surface area contributed by atoms with Crippen LogP contribution in [0.25, 0.3) is 0 Å². The van der Waals surface area contributed by atoms with Gasteiger partial charge in [0.15, 0.2) is 11.6 Å². The van der Waals surface area contributed by atoms with Gasteiger partial charge in [0, 0.05) is 0 Å². The van der Waals surface area contributed by atoms with Crippen LogP contribution in [0.4, 0.5) is 8.78 Å². The predicted molar refractivity (Wildman–Crippen MR) is 89.1 cm³/mol. The normalized spacial score (nSPS) is 22.4. The molecule has 0 spiro atoms. The molecule has 1 aromatic carbocycles. The summed E-state index contributed by atoms with van der Waals surface area (Å²) < 4.78 is 28.4. The lowest BCUT2D eigenvalue weighted by molar-refractivity contribution is 0.306. The zero-order chi connectivity index (χ0) is 15.9. The van der Waals surface area contributed by atoms with Crippen molar-refractivity contribution in [3.63, 3.8) is 0 Å². The number of hydrogen-bond acceptors (Lipinski definition) is 0. The lowest BCUT2D eigenvalue weighted by Crippen LogP contribution is -2.15. The molecule has 122 valence electrons. The Morgan fingerprint density at radius 1 is 1.09 bits per heavy atom. The standard InChI is InChI=1S/C20H28F2/c1-3-5-6-8-15-9-11-16(12-10-15)18-14-13-17(7-4-2)19(21)20(18)22/h3,5,13-16H,4,6-12H2,1-2H3. The molecule has 22 heavy (non-hydrogen) atoms. The van der Waals surface area contributed by atoms with E-state index in [4.69, 9.17) is 0 Å². The Morgan fingerprint density at radius 2 is 1.82 bits per heavy atom. The first-order chi connectivity index (χ1) is 10.7. The molecular formula is C20H28F2. The van der Waals surface area contributed by atoms with Gasteiger partial charge in [0.1, 0.15) is 0 Å². The molecule has 2 heteroatoms. The Bertz CT molecular complexity index is 497. The van der Waals surface area contributed by atoms with Crippen molar-refractivity contribution in [3.8, 4) is 0 Å². The van der Waals surface area contributed by atoms with Crippen molar-refractivity contribution in [2.75, 3.05) is 0 Å². The van der Waals surface area contributed by atoms with Crippen molar-refractivity contribution >= 4 is 0 Å². The van der Waals surface area contributed by atoms with Crippen LogP contribution in [-0.4, -0.2) is 0 Å². The number of halogens is 2. The van der Waals surface area contributed by atoms with Gasteiger partial charge >= 0.3 is 0 Å². The average Bonchev–Trinajstić information content (AvgIpc) is 2.53. The minimum absolute atomic E-state index is 0.197. The van der Waals surface area contributed by atoms with Gasteiger partial charge < -0.3 is 0 Å². The quantitative estimate of drug-likeness (QED) is 0.523.